The van der Waals surface area contributed by atoms with Crippen LogP contribution in [0, 0.1) is 5.92 Å². The van der Waals surface area contributed by atoms with Crippen LogP contribution in [0.1, 0.15) is 50.5 Å². The number of aromatic nitrogens is 1. The highest BCUT2D eigenvalue weighted by atomic mass is 127. The molecule has 2 fully saturated rings. The Morgan fingerprint density at radius 1 is 1.17 bits per heavy atom. The molecule has 0 unspecified atom stereocenters. The smallest absolute Gasteiger partial charge is 0.188 e. The molecule has 0 bridgehead atoms. The second-order valence-electron chi connectivity index (χ2n) is 6.81. The van der Waals surface area contributed by atoms with Crippen LogP contribution in [0.5, 0.6) is 0 Å². The van der Waals surface area contributed by atoms with Crippen LogP contribution < -0.4 is 16.0 Å². The van der Waals surface area contributed by atoms with E-state index in [9.17, 15) is 0 Å². The molecule has 3 N–H and O–H groups in total. The van der Waals surface area contributed by atoms with Crippen molar-refractivity contribution in [2.45, 2.75) is 51.5 Å². The molecule has 0 atom stereocenters. The lowest BCUT2D eigenvalue weighted by Crippen LogP contribution is -2.37. The Balaban J connectivity index is 0.00000208. The zero-order valence-corrected chi connectivity index (χ0v) is 16.7. The largest absolute Gasteiger partial charge is 0.370 e. The first-order valence-electron chi connectivity index (χ1n) is 9.05. The van der Waals surface area contributed by atoms with Crippen molar-refractivity contribution >= 4 is 35.8 Å². The highest BCUT2D eigenvalue weighted by molar-refractivity contribution is 14.0. The van der Waals surface area contributed by atoms with E-state index in [0.29, 0.717) is 12.5 Å². The zero-order chi connectivity index (χ0) is 15.9. The highest BCUT2D eigenvalue weighted by Crippen LogP contribution is 2.25. The van der Waals surface area contributed by atoms with E-state index in [1.165, 1.54) is 44.9 Å². The highest BCUT2D eigenvalue weighted by Gasteiger charge is 2.16. The van der Waals surface area contributed by atoms with Crippen LogP contribution in [0.4, 0.5) is 5.82 Å². The van der Waals surface area contributed by atoms with E-state index in [1.54, 1.807) is 0 Å². The van der Waals surface area contributed by atoms with Crippen molar-refractivity contribution in [1.29, 1.82) is 0 Å². The van der Waals surface area contributed by atoms with Crippen molar-refractivity contribution in [2.75, 3.05) is 24.5 Å². The Bertz CT molecular complexity index is 505. The number of hydrogen-bond donors (Lipinski definition) is 2. The number of hydrogen-bond acceptors (Lipinski definition) is 3. The Morgan fingerprint density at radius 2 is 1.92 bits per heavy atom. The summed E-state index contributed by atoms with van der Waals surface area (Å²) in [6.45, 7) is 3.81. The van der Waals surface area contributed by atoms with Crippen LogP contribution in [0.3, 0.4) is 0 Å². The molecule has 1 saturated carbocycles. The van der Waals surface area contributed by atoms with Gasteiger partial charge in [-0.15, -0.1) is 24.0 Å². The van der Waals surface area contributed by atoms with E-state index in [0.717, 1.165) is 36.9 Å². The summed E-state index contributed by atoms with van der Waals surface area (Å²) in [4.78, 5) is 11.4. The zero-order valence-electron chi connectivity index (χ0n) is 14.4. The SMILES string of the molecule is I.NC(=NCc1ccc(N2CCCCCC2)nc1)NCC1CCC1. The average Bonchev–Trinajstić information content (AvgIpc) is 2.81. The molecule has 3 rings (SSSR count). The van der Waals surface area contributed by atoms with Gasteiger partial charge in [0.25, 0.3) is 0 Å². The first-order valence-corrected chi connectivity index (χ1v) is 9.05. The van der Waals surface area contributed by atoms with Crippen LogP contribution in [-0.4, -0.2) is 30.6 Å². The molecular weight excluding hydrogens is 413 g/mol. The molecule has 0 spiro atoms. The first kappa shape index (κ1) is 19.3. The molecule has 2 aliphatic rings. The Kier molecular flexibility index (Phi) is 8.08. The van der Waals surface area contributed by atoms with Gasteiger partial charge in [-0.25, -0.2) is 9.98 Å². The van der Waals surface area contributed by atoms with Crippen molar-refractivity contribution in [3.63, 3.8) is 0 Å². The lowest BCUT2D eigenvalue weighted by Gasteiger charge is -2.25. The molecule has 0 amide bonds. The van der Waals surface area contributed by atoms with Gasteiger partial charge in [0.1, 0.15) is 5.82 Å². The number of nitrogens with zero attached hydrogens (tertiary/aromatic N) is 3. The molecule has 6 heteroatoms. The number of nitrogens with two attached hydrogens (primary N) is 1. The minimum atomic E-state index is 0. The number of anilines is 1. The molecule has 1 aliphatic heterocycles. The van der Waals surface area contributed by atoms with Crippen molar-refractivity contribution in [3.05, 3.63) is 23.9 Å². The lowest BCUT2D eigenvalue weighted by molar-refractivity contribution is 0.315. The van der Waals surface area contributed by atoms with Gasteiger partial charge in [-0.3, -0.25) is 0 Å². The molecule has 1 aromatic rings. The van der Waals surface area contributed by atoms with Crippen LogP contribution in [0.15, 0.2) is 23.3 Å². The van der Waals surface area contributed by atoms with Gasteiger partial charge < -0.3 is 16.0 Å². The summed E-state index contributed by atoms with van der Waals surface area (Å²) >= 11 is 0. The van der Waals surface area contributed by atoms with Crippen molar-refractivity contribution < 1.29 is 0 Å². The third-order valence-electron chi connectivity index (χ3n) is 4.97. The van der Waals surface area contributed by atoms with E-state index >= 15 is 0 Å². The standard InChI is InChI=1S/C18H29N5.HI/c19-18(21-12-15-6-5-7-15)22-14-16-8-9-17(20-13-16)23-10-3-1-2-4-11-23;/h8-9,13,15H,1-7,10-12,14H2,(H3,19,21,22);1H. The summed E-state index contributed by atoms with van der Waals surface area (Å²) in [6.07, 6.45) is 11.2. The molecule has 5 nitrogen and oxygen atoms in total. The Hall–Kier alpha value is -1.05. The van der Waals surface area contributed by atoms with Gasteiger partial charge in [-0.2, -0.15) is 0 Å². The molecular formula is C18H30IN5. The van der Waals surface area contributed by atoms with Crippen LogP contribution in [0.2, 0.25) is 0 Å². The van der Waals surface area contributed by atoms with Gasteiger partial charge in [0, 0.05) is 25.8 Å². The maximum absolute atomic E-state index is 5.92. The van der Waals surface area contributed by atoms with Gasteiger partial charge in [-0.05, 0) is 43.2 Å². The quantitative estimate of drug-likeness (QED) is 0.417. The van der Waals surface area contributed by atoms with Crippen LogP contribution >= 0.6 is 24.0 Å². The fourth-order valence-corrected chi connectivity index (χ4v) is 3.18. The van der Waals surface area contributed by atoms with Crippen LogP contribution in [-0.2, 0) is 6.54 Å². The van der Waals surface area contributed by atoms with Gasteiger partial charge in [0.2, 0.25) is 0 Å². The number of aliphatic imine (C=N–C) groups is 1. The van der Waals surface area contributed by atoms with Gasteiger partial charge in [0.15, 0.2) is 5.96 Å². The van der Waals surface area contributed by atoms with Crippen molar-refractivity contribution in [2.24, 2.45) is 16.6 Å². The summed E-state index contributed by atoms with van der Waals surface area (Å²) in [5, 5.41) is 3.22. The van der Waals surface area contributed by atoms with Gasteiger partial charge in [0.05, 0.1) is 6.54 Å². The van der Waals surface area contributed by atoms with E-state index in [4.69, 9.17) is 5.73 Å². The second kappa shape index (κ2) is 10.1. The maximum Gasteiger partial charge on any atom is 0.188 e. The summed E-state index contributed by atoms with van der Waals surface area (Å²) < 4.78 is 0. The normalized spacial score (nSPS) is 19.2. The third kappa shape index (κ3) is 5.79. The number of pyridine rings is 1. The fraction of sp³-hybridized carbons (Fsp3) is 0.667. The minimum absolute atomic E-state index is 0. The van der Waals surface area contributed by atoms with Gasteiger partial charge >= 0.3 is 0 Å². The summed E-state index contributed by atoms with van der Waals surface area (Å²) in [5.74, 6) is 2.43. The maximum atomic E-state index is 5.92. The minimum Gasteiger partial charge on any atom is -0.370 e. The van der Waals surface area contributed by atoms with E-state index in [1.807, 2.05) is 6.20 Å². The van der Waals surface area contributed by atoms with E-state index < -0.39 is 0 Å². The number of rotatable bonds is 5. The van der Waals surface area contributed by atoms with Crippen molar-refractivity contribution in [3.8, 4) is 0 Å². The van der Waals surface area contributed by atoms with E-state index in [2.05, 4.69) is 32.3 Å². The van der Waals surface area contributed by atoms with Crippen LogP contribution in [0.25, 0.3) is 0 Å². The fourth-order valence-electron chi connectivity index (χ4n) is 3.18. The second-order valence-corrected chi connectivity index (χ2v) is 6.81. The monoisotopic (exact) mass is 443 g/mol. The first-order chi connectivity index (χ1) is 11.3. The molecule has 1 aliphatic carbocycles. The molecule has 1 saturated heterocycles. The molecule has 134 valence electrons. The molecule has 24 heavy (non-hydrogen) atoms. The summed E-state index contributed by atoms with van der Waals surface area (Å²) in [6, 6.07) is 4.24. The number of nitrogens with one attached hydrogen (secondary N) is 1. The number of halogens is 1. The predicted molar refractivity (Wildman–Crippen MR) is 111 cm³/mol. The summed E-state index contributed by atoms with van der Waals surface area (Å²) in [7, 11) is 0. The van der Waals surface area contributed by atoms with Crippen molar-refractivity contribution in [1.82, 2.24) is 10.3 Å². The van der Waals surface area contributed by atoms with Gasteiger partial charge in [-0.1, -0.05) is 25.3 Å². The predicted octanol–water partition coefficient (Wildman–Crippen LogP) is 3.28. The molecule has 0 radical (unpaired) electrons. The Morgan fingerprint density at radius 3 is 2.50 bits per heavy atom. The lowest BCUT2D eigenvalue weighted by atomic mass is 9.85. The molecule has 2 heterocycles. The molecule has 1 aromatic heterocycles. The average molecular weight is 443 g/mol. The van der Waals surface area contributed by atoms with E-state index in [-0.39, 0.29) is 24.0 Å². The summed E-state index contributed by atoms with van der Waals surface area (Å²) in [5.41, 5.74) is 7.03. The topological polar surface area (TPSA) is 66.5 Å². The number of guanidine groups is 1. The molecule has 0 aromatic carbocycles. The third-order valence-corrected chi connectivity index (χ3v) is 4.97. The Labute approximate surface area is 162 Å².